The van der Waals surface area contributed by atoms with E-state index in [9.17, 15) is 13.2 Å². The van der Waals surface area contributed by atoms with E-state index < -0.39 is 11.7 Å². The first-order valence-corrected chi connectivity index (χ1v) is 12.4. The Morgan fingerprint density at radius 2 is 1.35 bits per heavy atom. The van der Waals surface area contributed by atoms with Gasteiger partial charge in [0.25, 0.3) is 0 Å². The van der Waals surface area contributed by atoms with Gasteiger partial charge in [-0.25, -0.2) is 4.68 Å². The van der Waals surface area contributed by atoms with Crippen molar-refractivity contribution in [3.63, 3.8) is 0 Å². The van der Waals surface area contributed by atoms with E-state index in [4.69, 9.17) is 0 Å². The molecule has 3 aromatic carbocycles. The highest BCUT2D eigenvalue weighted by Gasteiger charge is 2.33. The van der Waals surface area contributed by atoms with Gasteiger partial charge in [-0.3, -0.25) is 0 Å². The summed E-state index contributed by atoms with van der Waals surface area (Å²) >= 11 is 0. The van der Waals surface area contributed by atoms with Gasteiger partial charge in [-0.15, -0.1) is 0 Å². The van der Waals surface area contributed by atoms with Crippen LogP contribution < -0.4 is 5.32 Å². The molecular formula is C31H34F3N3. The third kappa shape index (κ3) is 5.74. The van der Waals surface area contributed by atoms with E-state index in [1.807, 2.05) is 49.4 Å². The number of halogens is 3. The standard InChI is InChI=1S/C31H34F3N3/c1-20-27(36-25-16-22(29(2,3)4)15-23(17-25)30(5,6)7)14-13-26(21-11-9-8-10-12-21)28(20)37-19-24(18-35-37)31(32,33)34/h8-19,36H,1-7H3. The fourth-order valence-electron chi connectivity index (χ4n) is 4.29. The molecule has 3 nitrogen and oxygen atoms in total. The first kappa shape index (κ1) is 26.5. The normalized spacial score (nSPS) is 12.6. The Kier molecular flexibility index (Phi) is 6.74. The largest absolute Gasteiger partial charge is 0.419 e. The van der Waals surface area contributed by atoms with Gasteiger partial charge in [-0.1, -0.05) is 84.0 Å². The van der Waals surface area contributed by atoms with Crippen molar-refractivity contribution in [2.24, 2.45) is 0 Å². The van der Waals surface area contributed by atoms with E-state index in [1.54, 1.807) is 0 Å². The number of hydrogen-bond acceptors (Lipinski definition) is 2. The van der Waals surface area contributed by atoms with E-state index in [0.29, 0.717) is 5.69 Å². The first-order valence-electron chi connectivity index (χ1n) is 12.4. The molecule has 0 aliphatic carbocycles. The fraction of sp³-hybridized carbons (Fsp3) is 0.323. The topological polar surface area (TPSA) is 29.9 Å². The number of benzene rings is 3. The summed E-state index contributed by atoms with van der Waals surface area (Å²) in [5, 5.41) is 7.67. The van der Waals surface area contributed by atoms with Gasteiger partial charge in [0, 0.05) is 23.1 Å². The number of alkyl halides is 3. The van der Waals surface area contributed by atoms with Gasteiger partial charge in [0.05, 0.1) is 17.4 Å². The average molecular weight is 506 g/mol. The molecule has 194 valence electrons. The van der Waals surface area contributed by atoms with Crippen molar-refractivity contribution in [2.75, 3.05) is 5.32 Å². The Morgan fingerprint density at radius 3 is 1.86 bits per heavy atom. The minimum Gasteiger partial charge on any atom is -0.355 e. The molecule has 0 unspecified atom stereocenters. The lowest BCUT2D eigenvalue weighted by molar-refractivity contribution is -0.137. The number of anilines is 2. The third-order valence-corrected chi connectivity index (χ3v) is 6.60. The SMILES string of the molecule is Cc1c(Nc2cc(C(C)(C)C)cc(C(C)(C)C)c2)ccc(-c2ccccc2)c1-n1cc(C(F)(F)F)cn1. The van der Waals surface area contributed by atoms with Crippen LogP contribution in [0.3, 0.4) is 0 Å². The fourth-order valence-corrected chi connectivity index (χ4v) is 4.29. The molecule has 0 radical (unpaired) electrons. The van der Waals surface area contributed by atoms with Crippen LogP contribution in [0.2, 0.25) is 0 Å². The maximum Gasteiger partial charge on any atom is 0.419 e. The Labute approximate surface area is 217 Å². The Hall–Kier alpha value is -3.54. The number of nitrogens with zero attached hydrogens (tertiary/aromatic N) is 2. The lowest BCUT2D eigenvalue weighted by atomic mass is 9.80. The van der Waals surface area contributed by atoms with Crippen LogP contribution in [0.5, 0.6) is 0 Å². The molecule has 0 bridgehead atoms. The van der Waals surface area contributed by atoms with Crippen molar-refractivity contribution >= 4 is 11.4 Å². The summed E-state index contributed by atoms with van der Waals surface area (Å²) in [6.07, 6.45) is -2.54. The van der Waals surface area contributed by atoms with Gasteiger partial charge in [0.1, 0.15) is 0 Å². The monoisotopic (exact) mass is 505 g/mol. The first-order chi connectivity index (χ1) is 17.1. The van der Waals surface area contributed by atoms with Crippen LogP contribution in [0.1, 0.15) is 63.8 Å². The molecule has 4 rings (SSSR count). The van der Waals surface area contributed by atoms with Crippen molar-refractivity contribution in [1.82, 2.24) is 9.78 Å². The minimum atomic E-state index is -4.47. The molecule has 0 aliphatic rings. The predicted octanol–water partition coefficient (Wildman–Crippen LogP) is 9.21. The Bertz CT molecular complexity index is 1370. The summed E-state index contributed by atoms with van der Waals surface area (Å²) in [5.41, 5.74) is 6.42. The molecule has 0 aliphatic heterocycles. The molecule has 37 heavy (non-hydrogen) atoms. The van der Waals surface area contributed by atoms with Gasteiger partial charge < -0.3 is 5.32 Å². The molecule has 6 heteroatoms. The maximum absolute atomic E-state index is 13.4. The number of hydrogen-bond donors (Lipinski definition) is 1. The quantitative estimate of drug-likeness (QED) is 0.300. The van der Waals surface area contributed by atoms with Crippen LogP contribution in [0.4, 0.5) is 24.5 Å². The van der Waals surface area contributed by atoms with Gasteiger partial charge in [-0.05, 0) is 58.2 Å². The van der Waals surface area contributed by atoms with Crippen molar-refractivity contribution in [1.29, 1.82) is 0 Å². The molecule has 0 saturated heterocycles. The van der Waals surface area contributed by atoms with Crippen LogP contribution in [-0.4, -0.2) is 9.78 Å². The van der Waals surface area contributed by atoms with E-state index >= 15 is 0 Å². The van der Waals surface area contributed by atoms with Crippen LogP contribution in [0.25, 0.3) is 16.8 Å². The molecule has 1 heterocycles. The molecular weight excluding hydrogens is 471 g/mol. The van der Waals surface area contributed by atoms with Crippen LogP contribution in [-0.2, 0) is 17.0 Å². The molecule has 0 saturated carbocycles. The molecule has 0 spiro atoms. The average Bonchev–Trinajstić information content (AvgIpc) is 3.30. The van der Waals surface area contributed by atoms with Crippen LogP contribution in [0, 0.1) is 6.92 Å². The lowest BCUT2D eigenvalue weighted by Crippen LogP contribution is -2.17. The maximum atomic E-state index is 13.4. The smallest absolute Gasteiger partial charge is 0.355 e. The van der Waals surface area contributed by atoms with Crippen molar-refractivity contribution in [2.45, 2.75) is 65.5 Å². The molecule has 4 aromatic rings. The highest BCUT2D eigenvalue weighted by molar-refractivity contribution is 5.81. The number of aromatic nitrogens is 2. The van der Waals surface area contributed by atoms with E-state index in [-0.39, 0.29) is 10.8 Å². The highest BCUT2D eigenvalue weighted by atomic mass is 19.4. The second kappa shape index (κ2) is 9.40. The predicted molar refractivity (Wildman–Crippen MR) is 146 cm³/mol. The van der Waals surface area contributed by atoms with Crippen molar-refractivity contribution in [3.8, 4) is 16.8 Å². The van der Waals surface area contributed by atoms with Crippen LogP contribution in [0.15, 0.2) is 73.1 Å². The minimum absolute atomic E-state index is 0.0435. The van der Waals surface area contributed by atoms with E-state index in [1.165, 1.54) is 15.8 Å². The summed E-state index contributed by atoms with van der Waals surface area (Å²) in [6, 6.07) is 20.1. The summed E-state index contributed by atoms with van der Waals surface area (Å²) < 4.78 is 41.6. The summed E-state index contributed by atoms with van der Waals surface area (Å²) in [4.78, 5) is 0. The van der Waals surface area contributed by atoms with Gasteiger partial charge in [-0.2, -0.15) is 18.3 Å². The number of rotatable bonds is 4. The second-order valence-corrected chi connectivity index (χ2v) is 11.6. The van der Waals surface area contributed by atoms with Gasteiger partial charge >= 0.3 is 6.18 Å². The summed E-state index contributed by atoms with van der Waals surface area (Å²) in [7, 11) is 0. The highest BCUT2D eigenvalue weighted by Crippen LogP contribution is 2.38. The van der Waals surface area contributed by atoms with Crippen molar-refractivity contribution < 1.29 is 13.2 Å². The summed E-state index contributed by atoms with van der Waals surface area (Å²) in [6.45, 7) is 15.0. The molecule has 0 amide bonds. The third-order valence-electron chi connectivity index (χ3n) is 6.60. The molecule has 0 fully saturated rings. The zero-order valence-electron chi connectivity index (χ0n) is 22.5. The van der Waals surface area contributed by atoms with E-state index in [0.717, 1.165) is 40.5 Å². The van der Waals surface area contributed by atoms with Gasteiger partial charge in [0.15, 0.2) is 0 Å². The number of nitrogens with one attached hydrogen (secondary N) is 1. The molecule has 1 aromatic heterocycles. The molecule has 0 atom stereocenters. The summed E-state index contributed by atoms with van der Waals surface area (Å²) in [5.74, 6) is 0. The Balaban J connectivity index is 1.87. The zero-order valence-corrected chi connectivity index (χ0v) is 22.5. The van der Waals surface area contributed by atoms with Crippen LogP contribution >= 0.6 is 0 Å². The van der Waals surface area contributed by atoms with E-state index in [2.05, 4.69) is 70.2 Å². The Morgan fingerprint density at radius 1 is 0.757 bits per heavy atom. The lowest BCUT2D eigenvalue weighted by Gasteiger charge is -2.27. The zero-order chi connectivity index (χ0) is 27.2. The molecule has 1 N–H and O–H groups in total. The second-order valence-electron chi connectivity index (χ2n) is 11.6. The van der Waals surface area contributed by atoms with Gasteiger partial charge in [0.2, 0.25) is 0 Å². The van der Waals surface area contributed by atoms with Crippen molar-refractivity contribution in [3.05, 3.63) is 95.3 Å².